The second kappa shape index (κ2) is 5.97. The van der Waals surface area contributed by atoms with Crippen molar-refractivity contribution in [2.75, 3.05) is 0 Å². The summed E-state index contributed by atoms with van der Waals surface area (Å²) in [5.74, 6) is 5.80. The highest BCUT2D eigenvalue weighted by molar-refractivity contribution is 7.11. The largest absolute Gasteiger partial charge is 0.271 e. The molecule has 110 valence electrons. The van der Waals surface area contributed by atoms with Gasteiger partial charge in [0.15, 0.2) is 0 Å². The van der Waals surface area contributed by atoms with Crippen molar-refractivity contribution in [2.24, 2.45) is 12.9 Å². The van der Waals surface area contributed by atoms with Gasteiger partial charge >= 0.3 is 0 Å². The predicted octanol–water partition coefficient (Wildman–Crippen LogP) is 2.94. The molecule has 1 aromatic carbocycles. The van der Waals surface area contributed by atoms with Crippen LogP contribution >= 0.6 is 11.3 Å². The van der Waals surface area contributed by atoms with E-state index < -0.39 is 0 Å². The number of thiophene rings is 1. The van der Waals surface area contributed by atoms with Crippen LogP contribution in [0.5, 0.6) is 0 Å². The van der Waals surface area contributed by atoms with Crippen LogP contribution in [0.25, 0.3) is 10.9 Å². The number of nitrogens with one attached hydrogen (secondary N) is 1. The Morgan fingerprint density at radius 3 is 2.71 bits per heavy atom. The number of para-hydroxylation sites is 1. The molecular weight excluding hydrogens is 280 g/mol. The van der Waals surface area contributed by atoms with Gasteiger partial charge in [0.1, 0.15) is 0 Å². The number of rotatable bonds is 5. The van der Waals surface area contributed by atoms with E-state index >= 15 is 0 Å². The molecule has 0 amide bonds. The van der Waals surface area contributed by atoms with E-state index in [-0.39, 0.29) is 6.04 Å². The molecule has 0 bridgehead atoms. The minimum Gasteiger partial charge on any atom is -0.271 e. The van der Waals surface area contributed by atoms with E-state index in [1.165, 1.54) is 9.75 Å². The molecule has 3 rings (SSSR count). The van der Waals surface area contributed by atoms with Crippen molar-refractivity contribution in [3.8, 4) is 0 Å². The monoisotopic (exact) mass is 300 g/mol. The van der Waals surface area contributed by atoms with Crippen LogP contribution in [0.1, 0.15) is 28.4 Å². The van der Waals surface area contributed by atoms with Crippen LogP contribution in [0, 0.1) is 0 Å². The van der Waals surface area contributed by atoms with Crippen molar-refractivity contribution < 1.29 is 0 Å². The normalized spacial score (nSPS) is 12.9. The fourth-order valence-electron chi connectivity index (χ4n) is 2.66. The van der Waals surface area contributed by atoms with Gasteiger partial charge in [-0.3, -0.25) is 16.0 Å². The number of hydrogen-bond acceptors (Lipinski definition) is 4. The molecular formula is C16H20N4S. The van der Waals surface area contributed by atoms with Crippen molar-refractivity contribution in [3.63, 3.8) is 0 Å². The molecule has 2 heterocycles. The molecule has 3 N–H and O–H groups in total. The number of hydrogen-bond donors (Lipinski definition) is 2. The Kier molecular flexibility index (Phi) is 4.05. The second-order valence-corrected chi connectivity index (χ2v) is 6.42. The summed E-state index contributed by atoms with van der Waals surface area (Å²) in [6, 6.07) is 12.7. The number of fused-ring (bicyclic) bond motifs is 1. The average Bonchev–Trinajstić information content (AvgIpc) is 3.10. The standard InChI is InChI=1S/C16H20N4S/c1-3-11-8-9-12(21-11)10-14(18-17)16-13-6-4-5-7-15(13)20(2)19-16/h4-9,14,18H,3,10,17H2,1-2H3. The third-order valence-corrected chi connectivity index (χ3v) is 5.04. The van der Waals surface area contributed by atoms with E-state index in [0.29, 0.717) is 0 Å². The molecule has 1 atom stereocenters. The van der Waals surface area contributed by atoms with Gasteiger partial charge in [-0.2, -0.15) is 5.10 Å². The molecule has 0 spiro atoms. The smallest absolute Gasteiger partial charge is 0.0889 e. The Hall–Kier alpha value is -1.69. The van der Waals surface area contributed by atoms with Crippen LogP contribution < -0.4 is 11.3 Å². The van der Waals surface area contributed by atoms with Gasteiger partial charge in [0.2, 0.25) is 0 Å². The van der Waals surface area contributed by atoms with Crippen LogP contribution in [0.2, 0.25) is 0 Å². The summed E-state index contributed by atoms with van der Waals surface area (Å²) in [5.41, 5.74) is 5.08. The molecule has 0 saturated heterocycles. The van der Waals surface area contributed by atoms with E-state index in [2.05, 4.69) is 41.7 Å². The van der Waals surface area contributed by atoms with Gasteiger partial charge in [-0.25, -0.2) is 0 Å². The summed E-state index contributed by atoms with van der Waals surface area (Å²) < 4.78 is 1.92. The molecule has 0 saturated carbocycles. The predicted molar refractivity (Wildman–Crippen MR) is 88.2 cm³/mol. The van der Waals surface area contributed by atoms with Gasteiger partial charge in [0.25, 0.3) is 0 Å². The first-order chi connectivity index (χ1) is 10.2. The maximum atomic E-state index is 5.80. The number of aromatic nitrogens is 2. The lowest BCUT2D eigenvalue weighted by molar-refractivity contribution is 0.536. The van der Waals surface area contributed by atoms with Gasteiger partial charge in [0, 0.05) is 28.6 Å². The van der Waals surface area contributed by atoms with Crippen molar-refractivity contribution in [1.82, 2.24) is 15.2 Å². The quantitative estimate of drug-likeness (QED) is 0.562. The number of hydrazine groups is 1. The van der Waals surface area contributed by atoms with Crippen LogP contribution in [0.4, 0.5) is 0 Å². The molecule has 0 aliphatic heterocycles. The number of aryl methyl sites for hydroxylation is 2. The van der Waals surface area contributed by atoms with Gasteiger partial charge in [0.05, 0.1) is 17.3 Å². The number of nitrogens with zero attached hydrogens (tertiary/aromatic N) is 2. The Bertz CT molecular complexity index is 744. The lowest BCUT2D eigenvalue weighted by Gasteiger charge is -2.13. The van der Waals surface area contributed by atoms with Crippen LogP contribution in [0.15, 0.2) is 36.4 Å². The topological polar surface area (TPSA) is 55.9 Å². The Morgan fingerprint density at radius 2 is 2.00 bits per heavy atom. The summed E-state index contributed by atoms with van der Waals surface area (Å²) in [4.78, 5) is 2.75. The van der Waals surface area contributed by atoms with E-state index in [1.54, 1.807) is 0 Å². The zero-order valence-electron chi connectivity index (χ0n) is 12.3. The van der Waals surface area contributed by atoms with Crippen LogP contribution in [-0.2, 0) is 19.9 Å². The molecule has 0 aliphatic rings. The maximum absolute atomic E-state index is 5.80. The minimum atomic E-state index is 0.0273. The number of benzene rings is 1. The lowest BCUT2D eigenvalue weighted by atomic mass is 10.1. The van der Waals surface area contributed by atoms with E-state index in [1.807, 2.05) is 35.2 Å². The average molecular weight is 300 g/mol. The van der Waals surface area contributed by atoms with E-state index in [0.717, 1.165) is 29.4 Å². The highest BCUT2D eigenvalue weighted by Gasteiger charge is 2.19. The molecule has 0 radical (unpaired) electrons. The third kappa shape index (κ3) is 2.72. The van der Waals surface area contributed by atoms with Crippen molar-refractivity contribution >= 4 is 22.2 Å². The zero-order chi connectivity index (χ0) is 14.8. The molecule has 4 nitrogen and oxygen atoms in total. The number of nitrogens with two attached hydrogens (primary N) is 1. The first-order valence-corrected chi connectivity index (χ1v) is 8.00. The molecule has 21 heavy (non-hydrogen) atoms. The lowest BCUT2D eigenvalue weighted by Crippen LogP contribution is -2.30. The molecule has 3 aromatic rings. The molecule has 0 aliphatic carbocycles. The van der Waals surface area contributed by atoms with Gasteiger partial charge in [-0.15, -0.1) is 11.3 Å². The third-order valence-electron chi connectivity index (χ3n) is 3.79. The Labute approximate surface area is 128 Å². The zero-order valence-corrected chi connectivity index (χ0v) is 13.2. The van der Waals surface area contributed by atoms with Gasteiger partial charge in [-0.1, -0.05) is 25.1 Å². The maximum Gasteiger partial charge on any atom is 0.0889 e. The summed E-state index contributed by atoms with van der Waals surface area (Å²) in [6.45, 7) is 2.18. The Morgan fingerprint density at radius 1 is 1.24 bits per heavy atom. The fraction of sp³-hybridized carbons (Fsp3) is 0.312. The molecule has 5 heteroatoms. The first-order valence-electron chi connectivity index (χ1n) is 7.18. The summed E-state index contributed by atoms with van der Waals surface area (Å²) in [6.07, 6.45) is 1.94. The van der Waals surface area contributed by atoms with E-state index in [4.69, 9.17) is 5.84 Å². The highest BCUT2D eigenvalue weighted by Crippen LogP contribution is 2.27. The van der Waals surface area contributed by atoms with E-state index in [9.17, 15) is 0 Å². The fourth-order valence-corrected chi connectivity index (χ4v) is 3.66. The van der Waals surface area contributed by atoms with Gasteiger partial charge in [-0.05, 0) is 24.6 Å². The Balaban J connectivity index is 1.94. The SMILES string of the molecule is CCc1ccc(CC(NN)c2nn(C)c3ccccc23)s1. The van der Waals surface area contributed by atoms with Crippen molar-refractivity contribution in [2.45, 2.75) is 25.8 Å². The van der Waals surface area contributed by atoms with Crippen LogP contribution in [0.3, 0.4) is 0 Å². The summed E-state index contributed by atoms with van der Waals surface area (Å²) in [5, 5.41) is 5.83. The molecule has 0 fully saturated rings. The molecule has 1 unspecified atom stereocenters. The minimum absolute atomic E-state index is 0.0273. The highest BCUT2D eigenvalue weighted by atomic mass is 32.1. The second-order valence-electron chi connectivity index (χ2n) is 5.17. The van der Waals surface area contributed by atoms with Crippen LogP contribution in [-0.4, -0.2) is 9.78 Å². The van der Waals surface area contributed by atoms with Crippen molar-refractivity contribution in [1.29, 1.82) is 0 Å². The molecule has 2 aromatic heterocycles. The summed E-state index contributed by atoms with van der Waals surface area (Å²) in [7, 11) is 1.97. The van der Waals surface area contributed by atoms with Crippen molar-refractivity contribution in [3.05, 3.63) is 51.8 Å². The summed E-state index contributed by atoms with van der Waals surface area (Å²) >= 11 is 1.85. The van der Waals surface area contributed by atoms with Gasteiger partial charge < -0.3 is 0 Å². The first kappa shape index (κ1) is 14.3.